The van der Waals surface area contributed by atoms with E-state index in [0.717, 1.165) is 15.7 Å². The molecule has 0 aliphatic carbocycles. The zero-order valence-corrected chi connectivity index (χ0v) is 11.2. The lowest BCUT2D eigenvalue weighted by Gasteiger charge is -2.23. The molecule has 1 rings (SSSR count). The van der Waals surface area contributed by atoms with Crippen LogP contribution >= 0.6 is 15.9 Å². The monoisotopic (exact) mass is 295 g/mol. The lowest BCUT2D eigenvalue weighted by molar-refractivity contribution is -0.136. The second-order valence-corrected chi connectivity index (χ2v) is 4.62. The molecule has 3 nitrogen and oxygen atoms in total. The number of hydrogen-bond acceptors (Lipinski definition) is 2. The zero-order valence-electron chi connectivity index (χ0n) is 9.61. The van der Waals surface area contributed by atoms with E-state index < -0.39 is 5.97 Å². The average molecular weight is 296 g/mol. The third-order valence-electron chi connectivity index (χ3n) is 2.38. The molecule has 0 amide bonds. The molecular formula is C13H14BrNO2. The first-order chi connectivity index (χ1) is 8.04. The number of carboxylic acids is 1. The SMILES string of the molecule is C#CCN(CCC(=O)O)c1ccc(Br)cc1C. The molecule has 0 fully saturated rings. The van der Waals surface area contributed by atoms with Crippen LogP contribution in [0.5, 0.6) is 0 Å². The molecule has 0 heterocycles. The molecule has 0 aliphatic rings. The van der Waals surface area contributed by atoms with Gasteiger partial charge in [-0.25, -0.2) is 0 Å². The van der Waals surface area contributed by atoms with Crippen molar-refractivity contribution in [3.8, 4) is 12.3 Å². The Balaban J connectivity index is 2.89. The highest BCUT2D eigenvalue weighted by molar-refractivity contribution is 9.10. The van der Waals surface area contributed by atoms with E-state index in [4.69, 9.17) is 11.5 Å². The highest BCUT2D eigenvalue weighted by Gasteiger charge is 2.10. The van der Waals surface area contributed by atoms with Gasteiger partial charge in [-0.15, -0.1) is 6.42 Å². The van der Waals surface area contributed by atoms with Crippen LogP contribution in [0.3, 0.4) is 0 Å². The van der Waals surface area contributed by atoms with Crippen molar-refractivity contribution in [1.82, 2.24) is 0 Å². The van der Waals surface area contributed by atoms with Gasteiger partial charge in [-0.1, -0.05) is 21.9 Å². The van der Waals surface area contributed by atoms with Gasteiger partial charge in [0.1, 0.15) is 0 Å². The molecule has 0 aromatic heterocycles. The molecule has 0 spiro atoms. The molecule has 0 radical (unpaired) electrons. The molecule has 17 heavy (non-hydrogen) atoms. The fourth-order valence-electron chi connectivity index (χ4n) is 1.60. The van der Waals surface area contributed by atoms with Crippen LogP contribution in [0, 0.1) is 19.3 Å². The first-order valence-corrected chi connectivity index (χ1v) is 6.00. The van der Waals surface area contributed by atoms with E-state index in [1.165, 1.54) is 0 Å². The van der Waals surface area contributed by atoms with Crippen LogP contribution in [0.25, 0.3) is 0 Å². The van der Waals surface area contributed by atoms with Gasteiger partial charge in [0.05, 0.1) is 13.0 Å². The fourth-order valence-corrected chi connectivity index (χ4v) is 2.07. The van der Waals surface area contributed by atoms with Crippen LogP contribution in [0.1, 0.15) is 12.0 Å². The maximum Gasteiger partial charge on any atom is 0.305 e. The first-order valence-electron chi connectivity index (χ1n) is 5.21. The number of terminal acetylenes is 1. The van der Waals surface area contributed by atoms with Gasteiger partial charge in [-0.05, 0) is 30.7 Å². The summed E-state index contributed by atoms with van der Waals surface area (Å²) in [6, 6.07) is 5.85. The Morgan fingerprint density at radius 2 is 2.29 bits per heavy atom. The normalized spacial score (nSPS) is 9.71. The van der Waals surface area contributed by atoms with Gasteiger partial charge in [-0.3, -0.25) is 4.79 Å². The molecule has 1 aromatic rings. The molecule has 0 unspecified atom stereocenters. The van der Waals surface area contributed by atoms with Crippen LogP contribution < -0.4 is 4.90 Å². The lowest BCUT2D eigenvalue weighted by Crippen LogP contribution is -2.27. The predicted molar refractivity (Wildman–Crippen MR) is 72.2 cm³/mol. The van der Waals surface area contributed by atoms with Crippen LogP contribution in [0.2, 0.25) is 0 Å². The van der Waals surface area contributed by atoms with Gasteiger partial charge in [0.15, 0.2) is 0 Å². The summed E-state index contributed by atoms with van der Waals surface area (Å²) in [5, 5.41) is 8.71. The Morgan fingerprint density at radius 3 is 2.82 bits per heavy atom. The van der Waals surface area contributed by atoms with E-state index in [1.807, 2.05) is 30.0 Å². The smallest absolute Gasteiger partial charge is 0.305 e. The van der Waals surface area contributed by atoms with E-state index in [1.54, 1.807) is 0 Å². The van der Waals surface area contributed by atoms with Gasteiger partial charge in [0.2, 0.25) is 0 Å². The van der Waals surface area contributed by atoms with Gasteiger partial charge in [0.25, 0.3) is 0 Å². The van der Waals surface area contributed by atoms with Crippen molar-refractivity contribution in [3.63, 3.8) is 0 Å². The number of carbonyl (C=O) groups is 1. The number of aliphatic carboxylic acids is 1. The minimum Gasteiger partial charge on any atom is -0.481 e. The van der Waals surface area contributed by atoms with Crippen molar-refractivity contribution in [1.29, 1.82) is 0 Å². The third kappa shape index (κ3) is 4.12. The Bertz CT molecular complexity index is 451. The quantitative estimate of drug-likeness (QED) is 0.849. The summed E-state index contributed by atoms with van der Waals surface area (Å²) < 4.78 is 0.998. The highest BCUT2D eigenvalue weighted by atomic mass is 79.9. The number of hydrogen-bond donors (Lipinski definition) is 1. The fraction of sp³-hybridized carbons (Fsp3) is 0.308. The Morgan fingerprint density at radius 1 is 1.59 bits per heavy atom. The summed E-state index contributed by atoms with van der Waals surface area (Å²) in [5.41, 5.74) is 2.05. The molecule has 1 aromatic carbocycles. The molecule has 0 saturated heterocycles. The van der Waals surface area contributed by atoms with Crippen molar-refractivity contribution in [2.75, 3.05) is 18.0 Å². The number of aryl methyl sites for hydroxylation is 1. The summed E-state index contributed by atoms with van der Waals surface area (Å²) in [4.78, 5) is 12.5. The second kappa shape index (κ2) is 6.31. The number of anilines is 1. The van der Waals surface area contributed by atoms with Crippen LogP contribution in [0.4, 0.5) is 5.69 Å². The van der Waals surface area contributed by atoms with Crippen LogP contribution in [-0.2, 0) is 4.79 Å². The molecule has 90 valence electrons. The van der Waals surface area contributed by atoms with E-state index in [2.05, 4.69) is 21.9 Å². The Hall–Kier alpha value is -1.47. The number of nitrogens with zero attached hydrogens (tertiary/aromatic N) is 1. The highest BCUT2D eigenvalue weighted by Crippen LogP contribution is 2.23. The van der Waals surface area contributed by atoms with Crippen molar-refractivity contribution in [2.45, 2.75) is 13.3 Å². The maximum absolute atomic E-state index is 10.6. The van der Waals surface area contributed by atoms with Crippen molar-refractivity contribution in [2.24, 2.45) is 0 Å². The standard InChI is InChI=1S/C13H14BrNO2/c1-3-7-15(8-6-13(16)17)12-5-4-11(14)9-10(12)2/h1,4-5,9H,6-8H2,2H3,(H,16,17). The molecule has 0 bridgehead atoms. The number of halogens is 1. The summed E-state index contributed by atoms with van der Waals surface area (Å²) in [7, 11) is 0. The topological polar surface area (TPSA) is 40.5 Å². The van der Waals surface area contributed by atoms with Crippen LogP contribution in [0.15, 0.2) is 22.7 Å². The summed E-state index contributed by atoms with van der Waals surface area (Å²) in [5.74, 6) is 1.74. The molecule has 4 heteroatoms. The van der Waals surface area contributed by atoms with Gasteiger partial charge >= 0.3 is 5.97 Å². The van der Waals surface area contributed by atoms with E-state index in [-0.39, 0.29) is 6.42 Å². The molecular weight excluding hydrogens is 282 g/mol. The summed E-state index contributed by atoms with van der Waals surface area (Å²) in [6.45, 7) is 2.81. The Labute approximate surface area is 110 Å². The van der Waals surface area contributed by atoms with Gasteiger partial charge in [-0.2, -0.15) is 0 Å². The summed E-state index contributed by atoms with van der Waals surface area (Å²) >= 11 is 3.39. The summed E-state index contributed by atoms with van der Waals surface area (Å²) in [6.07, 6.45) is 5.39. The number of rotatable bonds is 5. The number of carboxylic acid groups (broad SMARTS) is 1. The van der Waals surface area contributed by atoms with Crippen LogP contribution in [-0.4, -0.2) is 24.2 Å². The zero-order chi connectivity index (χ0) is 12.8. The predicted octanol–water partition coefficient (Wildman–Crippen LogP) is 2.67. The molecule has 0 atom stereocenters. The van der Waals surface area contributed by atoms with Crippen molar-refractivity contribution in [3.05, 3.63) is 28.2 Å². The Kier molecular flexibility index (Phi) is 5.05. The first kappa shape index (κ1) is 13.6. The van der Waals surface area contributed by atoms with E-state index in [0.29, 0.717) is 13.1 Å². The minimum absolute atomic E-state index is 0.0805. The maximum atomic E-state index is 10.6. The third-order valence-corrected chi connectivity index (χ3v) is 2.87. The average Bonchev–Trinajstić information content (AvgIpc) is 2.24. The van der Waals surface area contributed by atoms with E-state index in [9.17, 15) is 4.79 Å². The second-order valence-electron chi connectivity index (χ2n) is 3.70. The number of benzene rings is 1. The van der Waals surface area contributed by atoms with Crippen molar-refractivity contribution >= 4 is 27.6 Å². The van der Waals surface area contributed by atoms with E-state index >= 15 is 0 Å². The molecule has 0 saturated carbocycles. The largest absolute Gasteiger partial charge is 0.481 e. The van der Waals surface area contributed by atoms with Gasteiger partial charge < -0.3 is 10.0 Å². The molecule has 1 N–H and O–H groups in total. The van der Waals surface area contributed by atoms with Gasteiger partial charge in [0, 0.05) is 16.7 Å². The minimum atomic E-state index is -0.818. The molecule has 0 aliphatic heterocycles. The van der Waals surface area contributed by atoms with Crippen molar-refractivity contribution < 1.29 is 9.90 Å². The lowest BCUT2D eigenvalue weighted by atomic mass is 10.1.